The van der Waals surface area contributed by atoms with Gasteiger partial charge in [-0.1, -0.05) is 33.6 Å². The van der Waals surface area contributed by atoms with Crippen LogP contribution in [0.3, 0.4) is 0 Å². The summed E-state index contributed by atoms with van der Waals surface area (Å²) < 4.78 is 15.4. The van der Waals surface area contributed by atoms with E-state index in [1.54, 1.807) is 6.07 Å². The lowest BCUT2D eigenvalue weighted by Gasteiger charge is -2.15. The molecule has 0 radical (unpaired) electrons. The molecule has 0 saturated heterocycles. The summed E-state index contributed by atoms with van der Waals surface area (Å²) in [7, 11) is 0. The smallest absolute Gasteiger partial charge is 0.129 e. The Labute approximate surface area is 138 Å². The van der Waals surface area contributed by atoms with Gasteiger partial charge in [0.05, 0.1) is 10.4 Å². The van der Waals surface area contributed by atoms with Gasteiger partial charge in [-0.15, -0.1) is 11.6 Å². The van der Waals surface area contributed by atoms with E-state index in [-0.39, 0.29) is 5.82 Å². The Morgan fingerprint density at radius 1 is 1.11 bits per heavy atom. The quantitative estimate of drug-likeness (QED) is 0.373. The second kappa shape index (κ2) is 6.13. The largest absolute Gasteiger partial charge is 0.207 e. The Hall–Kier alpha value is -0.0900. The van der Waals surface area contributed by atoms with Crippen LogP contribution in [0.4, 0.5) is 4.39 Å². The molecule has 0 aliphatic rings. The fourth-order valence-corrected chi connectivity index (χ4v) is 3.05. The number of hydrogen-bond donors (Lipinski definition) is 0. The number of hydrogen-bond acceptors (Lipinski definition) is 0. The van der Waals surface area contributed by atoms with Gasteiger partial charge in [0, 0.05) is 14.5 Å². The van der Waals surface area contributed by atoms with Crippen LogP contribution in [0, 0.1) is 12.7 Å². The number of benzene rings is 2. The highest BCUT2D eigenvalue weighted by Crippen LogP contribution is 2.37. The zero-order chi connectivity index (χ0) is 14.2. The average Bonchev–Trinajstić information content (AvgIpc) is 2.36. The van der Waals surface area contributed by atoms with Crippen molar-refractivity contribution in [3.05, 3.63) is 66.8 Å². The van der Waals surface area contributed by atoms with Crippen molar-refractivity contribution in [2.75, 3.05) is 0 Å². The molecule has 0 spiro atoms. The second-order valence-electron chi connectivity index (χ2n) is 4.15. The van der Waals surface area contributed by atoms with Gasteiger partial charge in [-0.25, -0.2) is 4.39 Å². The van der Waals surface area contributed by atoms with Gasteiger partial charge in [-0.3, -0.25) is 0 Å². The van der Waals surface area contributed by atoms with Crippen LogP contribution >= 0.6 is 55.1 Å². The zero-order valence-corrected chi connectivity index (χ0v) is 14.5. The molecule has 0 fully saturated rings. The van der Waals surface area contributed by atoms with E-state index in [2.05, 4.69) is 31.9 Å². The molecule has 0 heterocycles. The van der Waals surface area contributed by atoms with Gasteiger partial charge in [-0.2, -0.15) is 0 Å². The molecule has 0 saturated carbocycles. The molecule has 1 atom stereocenters. The third-order valence-corrected chi connectivity index (χ3v) is 4.99. The Morgan fingerprint density at radius 2 is 1.79 bits per heavy atom. The molecule has 0 nitrogen and oxygen atoms in total. The summed E-state index contributed by atoms with van der Waals surface area (Å²) in [5.41, 5.74) is 2.23. The van der Waals surface area contributed by atoms with E-state index in [1.165, 1.54) is 6.07 Å². The molecule has 1 unspecified atom stereocenters. The highest BCUT2D eigenvalue weighted by atomic mass is 79.9. The fourth-order valence-electron chi connectivity index (χ4n) is 1.78. The van der Waals surface area contributed by atoms with Crippen molar-refractivity contribution in [3.63, 3.8) is 0 Å². The highest BCUT2D eigenvalue weighted by Gasteiger charge is 2.19. The molecule has 2 aromatic rings. The van der Waals surface area contributed by atoms with Gasteiger partial charge >= 0.3 is 0 Å². The summed E-state index contributed by atoms with van der Waals surface area (Å²) in [5, 5.41) is -0.141. The van der Waals surface area contributed by atoms with Crippen LogP contribution in [0.15, 0.2) is 39.3 Å². The SMILES string of the molecule is Cc1ccc(Br)cc1C(Cl)c1cc(Cl)c(Br)cc1F. The Bertz CT molecular complexity index is 629. The molecule has 0 aromatic heterocycles. The third kappa shape index (κ3) is 3.33. The summed E-state index contributed by atoms with van der Waals surface area (Å²) in [6, 6.07) is 8.64. The molecule has 0 aliphatic heterocycles. The number of aryl methyl sites for hydroxylation is 1. The molecule has 0 N–H and O–H groups in total. The minimum Gasteiger partial charge on any atom is -0.207 e. The van der Waals surface area contributed by atoms with Gasteiger partial charge in [0.25, 0.3) is 0 Å². The van der Waals surface area contributed by atoms with E-state index in [9.17, 15) is 4.39 Å². The van der Waals surface area contributed by atoms with E-state index in [1.807, 2.05) is 25.1 Å². The zero-order valence-electron chi connectivity index (χ0n) is 9.85. The lowest BCUT2D eigenvalue weighted by molar-refractivity contribution is 0.611. The van der Waals surface area contributed by atoms with E-state index >= 15 is 0 Å². The minimum atomic E-state index is -0.580. The maximum Gasteiger partial charge on any atom is 0.129 e. The first-order chi connectivity index (χ1) is 8.90. The molecule has 0 bridgehead atoms. The normalized spacial score (nSPS) is 12.5. The fraction of sp³-hybridized carbons (Fsp3) is 0.143. The topological polar surface area (TPSA) is 0 Å². The molecule has 2 aromatic carbocycles. The van der Waals surface area contributed by atoms with Crippen LogP contribution in [-0.4, -0.2) is 0 Å². The standard InChI is InChI=1S/C14H9Br2Cl2F/c1-7-2-3-8(15)4-9(7)14(18)10-5-12(17)11(16)6-13(10)19/h2-6,14H,1H3. The van der Waals surface area contributed by atoms with Crippen molar-refractivity contribution < 1.29 is 4.39 Å². The lowest BCUT2D eigenvalue weighted by atomic mass is 10.00. The van der Waals surface area contributed by atoms with Crippen molar-refractivity contribution in [2.24, 2.45) is 0 Å². The van der Waals surface area contributed by atoms with Gasteiger partial charge in [0.2, 0.25) is 0 Å². The number of alkyl halides is 1. The monoisotopic (exact) mass is 424 g/mol. The van der Waals surface area contributed by atoms with Crippen LogP contribution < -0.4 is 0 Å². The maximum absolute atomic E-state index is 14.0. The Morgan fingerprint density at radius 3 is 2.47 bits per heavy atom. The van der Waals surface area contributed by atoms with E-state index < -0.39 is 5.38 Å². The average molecular weight is 427 g/mol. The first-order valence-electron chi connectivity index (χ1n) is 5.44. The van der Waals surface area contributed by atoms with E-state index in [4.69, 9.17) is 23.2 Å². The second-order valence-corrected chi connectivity index (χ2v) is 6.76. The number of rotatable bonds is 2. The maximum atomic E-state index is 14.0. The van der Waals surface area contributed by atoms with Crippen molar-refractivity contribution in [3.8, 4) is 0 Å². The van der Waals surface area contributed by atoms with E-state index in [0.717, 1.165) is 15.6 Å². The Kier molecular flexibility index (Phi) is 4.93. The first kappa shape index (κ1) is 15.3. The summed E-state index contributed by atoms with van der Waals surface area (Å²) >= 11 is 19.0. The van der Waals surface area contributed by atoms with Gasteiger partial charge < -0.3 is 0 Å². The molecule has 5 heteroatoms. The molecular formula is C14H9Br2Cl2F. The van der Waals surface area contributed by atoms with Crippen molar-refractivity contribution in [1.82, 2.24) is 0 Å². The van der Waals surface area contributed by atoms with Crippen molar-refractivity contribution >= 4 is 55.1 Å². The molecule has 0 amide bonds. The van der Waals surface area contributed by atoms with Gasteiger partial charge in [-0.05, 0) is 58.2 Å². The summed E-state index contributed by atoms with van der Waals surface area (Å²) in [6.07, 6.45) is 0. The Balaban J connectivity index is 2.52. The molecule has 0 aliphatic carbocycles. The molecular weight excluding hydrogens is 418 g/mol. The summed E-state index contributed by atoms with van der Waals surface area (Å²) in [5.74, 6) is -0.379. The lowest BCUT2D eigenvalue weighted by Crippen LogP contribution is -2.00. The van der Waals surface area contributed by atoms with Crippen LogP contribution in [-0.2, 0) is 0 Å². The predicted molar refractivity (Wildman–Crippen MR) is 85.7 cm³/mol. The molecule has 2 rings (SSSR count). The van der Waals surface area contributed by atoms with E-state index in [0.29, 0.717) is 15.1 Å². The summed E-state index contributed by atoms with van der Waals surface area (Å²) in [4.78, 5) is 0. The predicted octanol–water partition coefficient (Wildman–Crippen LogP) is 6.64. The van der Waals surface area contributed by atoms with Gasteiger partial charge in [0.1, 0.15) is 5.82 Å². The summed E-state index contributed by atoms with van der Waals surface area (Å²) in [6.45, 7) is 1.94. The van der Waals surface area contributed by atoms with Crippen LogP contribution in [0.1, 0.15) is 22.1 Å². The van der Waals surface area contributed by atoms with Crippen molar-refractivity contribution in [2.45, 2.75) is 12.3 Å². The van der Waals surface area contributed by atoms with Crippen LogP contribution in [0.25, 0.3) is 0 Å². The third-order valence-electron chi connectivity index (χ3n) is 2.83. The minimum absolute atomic E-state index is 0.371. The molecule has 100 valence electrons. The first-order valence-corrected chi connectivity index (χ1v) is 7.84. The van der Waals surface area contributed by atoms with Crippen LogP contribution in [0.2, 0.25) is 5.02 Å². The van der Waals surface area contributed by atoms with Crippen LogP contribution in [0.5, 0.6) is 0 Å². The van der Waals surface area contributed by atoms with Gasteiger partial charge in [0.15, 0.2) is 0 Å². The van der Waals surface area contributed by atoms with Crippen molar-refractivity contribution in [1.29, 1.82) is 0 Å². The number of halogens is 5. The molecule has 19 heavy (non-hydrogen) atoms. The highest BCUT2D eigenvalue weighted by molar-refractivity contribution is 9.10.